The maximum Gasteiger partial charge on any atom is 0.112 e. The summed E-state index contributed by atoms with van der Waals surface area (Å²) in [5.74, 6) is 0. The monoisotopic (exact) mass is 558 g/mol. The van der Waals surface area contributed by atoms with E-state index in [1.54, 1.807) is 18.2 Å². The zero-order valence-electron chi connectivity index (χ0n) is 24.7. The van der Waals surface area contributed by atoms with E-state index in [-0.39, 0.29) is 4.90 Å². The fourth-order valence-corrected chi connectivity index (χ4v) is 5.61. The van der Waals surface area contributed by atoms with Gasteiger partial charge in [-0.25, -0.2) is 8.42 Å². The van der Waals surface area contributed by atoms with Crippen LogP contribution < -0.4 is 0 Å². The van der Waals surface area contributed by atoms with Gasteiger partial charge in [0, 0.05) is 4.90 Å². The van der Waals surface area contributed by atoms with Gasteiger partial charge < -0.3 is 8.72 Å². The topological polar surface area (TPSA) is 48.2 Å². The summed E-state index contributed by atoms with van der Waals surface area (Å²) in [4.78, 5) is 0.106. The highest BCUT2D eigenvalue weighted by atomic mass is 35.5. The number of benzene rings is 1. The number of halogens is 1. The summed E-state index contributed by atoms with van der Waals surface area (Å²) in [5, 5.41) is 0. The molecule has 0 unspecified atom stereocenters. The molecule has 4 nitrogen and oxygen atoms in total. The number of unbranched alkanes of at least 4 members (excludes halogenated alkanes) is 15. The van der Waals surface area contributed by atoms with Gasteiger partial charge in [-0.1, -0.05) is 116 Å². The van der Waals surface area contributed by atoms with Gasteiger partial charge in [0.25, 0.3) is 0 Å². The molecule has 6 heteroatoms. The molecule has 0 aliphatic carbocycles. The Balaban J connectivity index is 0.000000970. The van der Waals surface area contributed by atoms with E-state index in [2.05, 4.69) is 32.1 Å². The molecule has 0 radical (unpaired) electrons. The second kappa shape index (κ2) is 24.4. The Morgan fingerprint density at radius 3 is 1.24 bits per heavy atom. The number of hydrogen-bond acceptors (Lipinski definition) is 2. The number of quaternary nitrogens is 1. The molecule has 0 aliphatic rings. The number of nitrogens with zero attached hydrogens (tertiary/aromatic N) is 2. The minimum Gasteiger partial charge on any atom is -0.458 e. The fraction of sp³-hybridized carbons (Fsp3) is 0.806. The highest BCUT2D eigenvalue weighted by Gasteiger charge is 2.20. The lowest BCUT2D eigenvalue weighted by atomic mass is 10.1. The van der Waals surface area contributed by atoms with Crippen molar-refractivity contribution < 1.29 is 12.9 Å². The van der Waals surface area contributed by atoms with Crippen LogP contribution in [0.1, 0.15) is 136 Å². The van der Waals surface area contributed by atoms with Gasteiger partial charge in [0.2, 0.25) is 0 Å². The van der Waals surface area contributed by atoms with Gasteiger partial charge in [0.05, 0.1) is 26.7 Å². The molecule has 0 saturated carbocycles. The first-order valence-corrected chi connectivity index (χ1v) is 17.1. The van der Waals surface area contributed by atoms with Crippen LogP contribution >= 0.6 is 11.8 Å². The smallest absolute Gasteiger partial charge is 0.112 e. The minimum absolute atomic E-state index is 0.106. The molecule has 0 heterocycles. The van der Waals surface area contributed by atoms with Gasteiger partial charge in [0.15, 0.2) is 0 Å². The van der Waals surface area contributed by atoms with Crippen molar-refractivity contribution in [3.05, 3.63) is 34.6 Å². The van der Waals surface area contributed by atoms with Crippen LogP contribution in [0.25, 0.3) is 4.24 Å². The van der Waals surface area contributed by atoms with Crippen LogP contribution in [0.5, 0.6) is 0 Å². The van der Waals surface area contributed by atoms with Crippen molar-refractivity contribution >= 4 is 21.8 Å². The Hall–Kier alpha value is -0.620. The zero-order chi connectivity index (χ0) is 27.7. The first-order chi connectivity index (χ1) is 17.8. The predicted molar refractivity (Wildman–Crippen MR) is 164 cm³/mol. The summed E-state index contributed by atoms with van der Waals surface area (Å²) in [7, 11) is -1.05. The summed E-state index contributed by atoms with van der Waals surface area (Å²) < 4.78 is 25.9. The second-order valence-electron chi connectivity index (χ2n) is 11.0. The standard InChI is InChI=1S/C25H54N.C6H5ClNO2S/c1-5-8-11-14-17-20-23-26(4,24-21-18-15-12-9-6-2)25-22-19-16-13-10-7-3;7-8-11(9,10)6-4-2-1-3-5-6/h5-25H2,1-4H3;1-5H/q+1;-1. The Labute approximate surface area is 236 Å². The van der Waals surface area contributed by atoms with Crippen molar-refractivity contribution in [1.82, 2.24) is 0 Å². The molecule has 0 fully saturated rings. The van der Waals surface area contributed by atoms with E-state index in [9.17, 15) is 8.42 Å². The second-order valence-corrected chi connectivity index (χ2v) is 12.9. The number of sulfonamides is 1. The highest BCUT2D eigenvalue weighted by molar-refractivity contribution is 7.95. The van der Waals surface area contributed by atoms with Crippen molar-refractivity contribution in [3.63, 3.8) is 0 Å². The van der Waals surface area contributed by atoms with E-state index in [0.717, 1.165) is 0 Å². The molecule has 0 amide bonds. The van der Waals surface area contributed by atoms with Crippen LogP contribution in [0.3, 0.4) is 0 Å². The first-order valence-electron chi connectivity index (χ1n) is 15.3. The van der Waals surface area contributed by atoms with Crippen molar-refractivity contribution in [2.45, 2.75) is 141 Å². The lowest BCUT2D eigenvalue weighted by Crippen LogP contribution is -2.46. The third-order valence-electron chi connectivity index (χ3n) is 7.29. The quantitative estimate of drug-likeness (QED) is 0.0990. The van der Waals surface area contributed by atoms with E-state index in [1.807, 2.05) is 0 Å². The highest BCUT2D eigenvalue weighted by Crippen LogP contribution is 2.18. The Bertz CT molecular complexity index is 672. The fourth-order valence-electron chi connectivity index (χ4n) is 4.79. The summed E-state index contributed by atoms with van der Waals surface area (Å²) in [6.07, 6.45) is 25.9. The molecule has 0 saturated heterocycles. The Kier molecular flexibility index (Phi) is 24.0. The third kappa shape index (κ3) is 20.9. The van der Waals surface area contributed by atoms with E-state index in [1.165, 1.54) is 152 Å². The molecule has 0 atom stereocenters. The summed E-state index contributed by atoms with van der Waals surface area (Å²) in [5.41, 5.74) is 0. The van der Waals surface area contributed by atoms with Gasteiger partial charge >= 0.3 is 0 Å². The molecule has 1 aromatic rings. The molecular formula is C31H59ClN2O2S. The average Bonchev–Trinajstić information content (AvgIpc) is 2.91. The lowest BCUT2D eigenvalue weighted by molar-refractivity contribution is -0.910. The first kappa shape index (κ1) is 36.4. The van der Waals surface area contributed by atoms with Crippen molar-refractivity contribution in [1.29, 1.82) is 0 Å². The summed E-state index contributed by atoms with van der Waals surface area (Å²) in [6.45, 7) is 11.2. The lowest BCUT2D eigenvalue weighted by Gasteiger charge is -2.35. The van der Waals surface area contributed by atoms with E-state index in [4.69, 9.17) is 11.8 Å². The minimum atomic E-state index is -3.61. The number of hydrogen-bond donors (Lipinski definition) is 0. The maximum atomic E-state index is 10.9. The van der Waals surface area contributed by atoms with Crippen LogP contribution in [-0.4, -0.2) is 39.6 Å². The predicted octanol–water partition coefficient (Wildman–Crippen LogP) is 10.4. The molecule has 1 rings (SSSR count). The Morgan fingerprint density at radius 1 is 0.595 bits per heavy atom. The summed E-state index contributed by atoms with van der Waals surface area (Å²) >= 11 is 4.86. The summed E-state index contributed by atoms with van der Waals surface area (Å²) in [6, 6.07) is 7.79. The third-order valence-corrected chi connectivity index (χ3v) is 8.88. The van der Waals surface area contributed by atoms with Crippen LogP contribution in [0.15, 0.2) is 35.2 Å². The van der Waals surface area contributed by atoms with Crippen LogP contribution in [-0.2, 0) is 10.0 Å². The van der Waals surface area contributed by atoms with Gasteiger partial charge in [0.1, 0.15) is 10.0 Å². The molecule has 218 valence electrons. The largest absolute Gasteiger partial charge is 0.458 e. The van der Waals surface area contributed by atoms with Gasteiger partial charge in [-0.05, 0) is 50.7 Å². The van der Waals surface area contributed by atoms with E-state index >= 15 is 0 Å². The van der Waals surface area contributed by atoms with Gasteiger partial charge in [-0.2, -0.15) is 0 Å². The number of rotatable bonds is 23. The zero-order valence-corrected chi connectivity index (χ0v) is 26.3. The Morgan fingerprint density at radius 2 is 0.919 bits per heavy atom. The van der Waals surface area contributed by atoms with E-state index < -0.39 is 10.0 Å². The molecule has 0 spiro atoms. The van der Waals surface area contributed by atoms with Crippen LogP contribution in [0, 0.1) is 0 Å². The molecule has 37 heavy (non-hydrogen) atoms. The molecular weight excluding hydrogens is 500 g/mol. The molecule has 0 N–H and O–H groups in total. The normalized spacial score (nSPS) is 11.8. The van der Waals surface area contributed by atoms with Crippen molar-refractivity contribution in [2.24, 2.45) is 0 Å². The average molecular weight is 559 g/mol. The molecule has 1 aromatic carbocycles. The van der Waals surface area contributed by atoms with Crippen LogP contribution in [0.4, 0.5) is 0 Å². The maximum absolute atomic E-state index is 10.9. The molecule has 0 bridgehead atoms. The van der Waals surface area contributed by atoms with Crippen molar-refractivity contribution in [2.75, 3.05) is 26.7 Å². The van der Waals surface area contributed by atoms with Gasteiger partial charge in [-0.3, -0.25) is 11.8 Å². The van der Waals surface area contributed by atoms with Gasteiger partial charge in [-0.15, -0.1) is 0 Å². The molecule has 0 aliphatic heterocycles. The SMILES string of the molecule is CCCCCCCC[N+](C)(CCCCCCCC)CCCCCCCC.O=S(=O)([N-]Cl)c1ccccc1. The van der Waals surface area contributed by atoms with Crippen molar-refractivity contribution in [3.8, 4) is 0 Å². The molecule has 0 aromatic heterocycles. The van der Waals surface area contributed by atoms with E-state index in [0.29, 0.717) is 0 Å². The van der Waals surface area contributed by atoms with Crippen LogP contribution in [0.2, 0.25) is 0 Å².